The first-order valence-electron chi connectivity index (χ1n) is 4.65. The van der Waals surface area contributed by atoms with E-state index < -0.39 is 0 Å². The van der Waals surface area contributed by atoms with Gasteiger partial charge in [-0.2, -0.15) is 0 Å². The molecule has 78 valence electrons. The van der Waals surface area contributed by atoms with Gasteiger partial charge in [0.15, 0.2) is 0 Å². The van der Waals surface area contributed by atoms with Crippen LogP contribution in [0.2, 0.25) is 0 Å². The first-order chi connectivity index (χ1) is 6.69. The molecule has 0 fully saturated rings. The quantitative estimate of drug-likeness (QED) is 0.744. The molecular formula is C11H17NO2. The maximum Gasteiger partial charge on any atom is 0.124 e. The summed E-state index contributed by atoms with van der Waals surface area (Å²) in [6.07, 6.45) is 0.835. The number of nitrogens with two attached hydrogens (primary N) is 1. The average molecular weight is 195 g/mol. The Bertz CT molecular complexity index is 287. The lowest BCUT2D eigenvalue weighted by atomic mass is 10.0. The second-order valence-electron chi connectivity index (χ2n) is 3.38. The van der Waals surface area contributed by atoms with E-state index in [4.69, 9.17) is 10.6 Å². The summed E-state index contributed by atoms with van der Waals surface area (Å²) in [7, 11) is 1.69. The van der Waals surface area contributed by atoms with Gasteiger partial charge in [-0.05, 0) is 37.0 Å². The minimum absolute atomic E-state index is 0.547. The predicted molar refractivity (Wildman–Crippen MR) is 56.3 cm³/mol. The van der Waals surface area contributed by atoms with Gasteiger partial charge in [0.25, 0.3) is 0 Å². The van der Waals surface area contributed by atoms with Gasteiger partial charge in [-0.1, -0.05) is 12.1 Å². The monoisotopic (exact) mass is 195 g/mol. The molecule has 0 aromatic heterocycles. The Labute approximate surface area is 84.8 Å². The number of methoxy groups -OCH3 is 1. The molecule has 1 aromatic carbocycles. The van der Waals surface area contributed by atoms with E-state index in [1.807, 2.05) is 13.8 Å². The Morgan fingerprint density at radius 3 is 2.21 bits per heavy atom. The van der Waals surface area contributed by atoms with Crippen molar-refractivity contribution in [3.8, 4) is 5.75 Å². The molecule has 0 saturated heterocycles. The van der Waals surface area contributed by atoms with Gasteiger partial charge in [0, 0.05) is 0 Å². The van der Waals surface area contributed by atoms with Crippen molar-refractivity contribution in [2.24, 2.45) is 5.90 Å². The number of ether oxygens (including phenoxy) is 1. The lowest BCUT2D eigenvalue weighted by Gasteiger charge is -2.10. The molecule has 0 bridgehead atoms. The normalized spacial score (nSPS) is 10.3. The van der Waals surface area contributed by atoms with Crippen molar-refractivity contribution in [2.45, 2.75) is 20.3 Å². The van der Waals surface area contributed by atoms with E-state index >= 15 is 0 Å². The molecule has 3 nitrogen and oxygen atoms in total. The Morgan fingerprint density at radius 1 is 1.21 bits per heavy atom. The van der Waals surface area contributed by atoms with Crippen molar-refractivity contribution >= 4 is 0 Å². The Balaban J connectivity index is 2.90. The third kappa shape index (κ3) is 2.47. The largest absolute Gasteiger partial charge is 0.496 e. The van der Waals surface area contributed by atoms with Crippen LogP contribution >= 0.6 is 0 Å². The van der Waals surface area contributed by atoms with Gasteiger partial charge in [-0.25, -0.2) is 5.90 Å². The molecule has 14 heavy (non-hydrogen) atoms. The summed E-state index contributed by atoms with van der Waals surface area (Å²) in [5.74, 6) is 5.94. The fraction of sp³-hybridized carbons (Fsp3) is 0.455. The highest BCUT2D eigenvalue weighted by Gasteiger charge is 2.04. The summed E-state index contributed by atoms with van der Waals surface area (Å²) >= 11 is 0. The van der Waals surface area contributed by atoms with Gasteiger partial charge in [0.1, 0.15) is 5.75 Å². The molecule has 0 spiro atoms. The number of benzene rings is 1. The molecule has 0 heterocycles. The lowest BCUT2D eigenvalue weighted by Crippen LogP contribution is -2.04. The average Bonchev–Trinajstić information content (AvgIpc) is 2.14. The van der Waals surface area contributed by atoms with Gasteiger partial charge < -0.3 is 9.57 Å². The van der Waals surface area contributed by atoms with Crippen molar-refractivity contribution in [1.82, 2.24) is 0 Å². The molecule has 2 N–H and O–H groups in total. The van der Waals surface area contributed by atoms with E-state index in [1.54, 1.807) is 7.11 Å². The molecule has 0 amide bonds. The van der Waals surface area contributed by atoms with Crippen molar-refractivity contribution < 1.29 is 9.57 Å². The fourth-order valence-electron chi connectivity index (χ4n) is 1.68. The topological polar surface area (TPSA) is 44.5 Å². The Hall–Kier alpha value is -1.06. The summed E-state index contributed by atoms with van der Waals surface area (Å²) in [5.41, 5.74) is 3.53. The zero-order chi connectivity index (χ0) is 10.6. The zero-order valence-electron chi connectivity index (χ0n) is 8.96. The van der Waals surface area contributed by atoms with Crippen LogP contribution in [-0.4, -0.2) is 13.7 Å². The van der Waals surface area contributed by atoms with Gasteiger partial charge in [0.05, 0.1) is 13.7 Å². The molecule has 0 saturated carbocycles. The number of rotatable bonds is 4. The van der Waals surface area contributed by atoms with E-state index in [-0.39, 0.29) is 0 Å². The second-order valence-corrected chi connectivity index (χ2v) is 3.38. The van der Waals surface area contributed by atoms with Crippen LogP contribution in [0.5, 0.6) is 5.75 Å². The summed E-state index contributed by atoms with van der Waals surface area (Å²) in [5, 5.41) is 0. The number of aryl methyl sites for hydroxylation is 2. The SMILES string of the molecule is COc1c(C)cc(CCON)cc1C. The van der Waals surface area contributed by atoms with Crippen molar-refractivity contribution in [3.05, 3.63) is 28.8 Å². The maximum atomic E-state index is 5.28. The molecule has 1 rings (SSSR count). The fourth-order valence-corrected chi connectivity index (χ4v) is 1.68. The van der Waals surface area contributed by atoms with Gasteiger partial charge in [-0.15, -0.1) is 0 Å². The standard InChI is InChI=1S/C11H17NO2/c1-8-6-10(4-5-14-12)7-9(2)11(8)13-3/h6-7H,4-5,12H2,1-3H3. The van der Waals surface area contributed by atoms with Crippen molar-refractivity contribution in [1.29, 1.82) is 0 Å². The Kier molecular flexibility index (Phi) is 3.92. The predicted octanol–water partition coefficient (Wildman–Crippen LogP) is 1.74. The van der Waals surface area contributed by atoms with E-state index in [0.29, 0.717) is 6.61 Å². The van der Waals surface area contributed by atoms with Crippen LogP contribution in [0.4, 0.5) is 0 Å². The molecule has 0 unspecified atom stereocenters. The number of hydrogen-bond donors (Lipinski definition) is 1. The minimum Gasteiger partial charge on any atom is -0.496 e. The van der Waals surface area contributed by atoms with E-state index in [0.717, 1.165) is 23.3 Å². The summed E-state index contributed by atoms with van der Waals surface area (Å²) in [4.78, 5) is 4.55. The molecule has 0 aliphatic carbocycles. The van der Waals surface area contributed by atoms with Gasteiger partial charge in [-0.3, -0.25) is 0 Å². The summed E-state index contributed by atoms with van der Waals surface area (Å²) in [6, 6.07) is 4.20. The maximum absolute atomic E-state index is 5.28. The van der Waals surface area contributed by atoms with Crippen LogP contribution in [-0.2, 0) is 11.3 Å². The molecule has 3 heteroatoms. The highest BCUT2D eigenvalue weighted by Crippen LogP contribution is 2.24. The van der Waals surface area contributed by atoms with Crippen LogP contribution in [0.3, 0.4) is 0 Å². The highest BCUT2D eigenvalue weighted by atomic mass is 16.6. The minimum atomic E-state index is 0.547. The van der Waals surface area contributed by atoms with E-state index in [1.165, 1.54) is 5.56 Å². The first-order valence-corrected chi connectivity index (χ1v) is 4.65. The second kappa shape index (κ2) is 4.98. The Morgan fingerprint density at radius 2 is 1.79 bits per heavy atom. The third-order valence-electron chi connectivity index (χ3n) is 2.23. The van der Waals surface area contributed by atoms with Crippen molar-refractivity contribution in [3.63, 3.8) is 0 Å². The molecule has 1 aromatic rings. The third-order valence-corrected chi connectivity index (χ3v) is 2.23. The summed E-state index contributed by atoms with van der Waals surface area (Å²) in [6.45, 7) is 4.63. The molecule has 0 atom stereocenters. The van der Waals surface area contributed by atoms with Crippen LogP contribution in [0, 0.1) is 13.8 Å². The highest BCUT2D eigenvalue weighted by molar-refractivity contribution is 5.43. The van der Waals surface area contributed by atoms with Crippen LogP contribution < -0.4 is 10.6 Å². The van der Waals surface area contributed by atoms with Crippen LogP contribution in [0.25, 0.3) is 0 Å². The molecule has 0 aliphatic heterocycles. The molecular weight excluding hydrogens is 178 g/mol. The van der Waals surface area contributed by atoms with Gasteiger partial charge in [0.2, 0.25) is 0 Å². The van der Waals surface area contributed by atoms with Crippen LogP contribution in [0.15, 0.2) is 12.1 Å². The zero-order valence-corrected chi connectivity index (χ0v) is 8.96. The number of hydrogen-bond acceptors (Lipinski definition) is 3. The van der Waals surface area contributed by atoms with E-state index in [9.17, 15) is 0 Å². The molecule has 0 aliphatic rings. The first kappa shape index (κ1) is 11.0. The van der Waals surface area contributed by atoms with Gasteiger partial charge >= 0.3 is 0 Å². The lowest BCUT2D eigenvalue weighted by molar-refractivity contribution is 0.141. The smallest absolute Gasteiger partial charge is 0.124 e. The molecule has 0 radical (unpaired) electrons. The summed E-state index contributed by atoms with van der Waals surface area (Å²) < 4.78 is 5.28. The van der Waals surface area contributed by atoms with Crippen LogP contribution in [0.1, 0.15) is 16.7 Å². The van der Waals surface area contributed by atoms with Crippen molar-refractivity contribution in [2.75, 3.05) is 13.7 Å². The van der Waals surface area contributed by atoms with E-state index in [2.05, 4.69) is 17.0 Å².